The normalized spacial score (nSPS) is 32.3. The summed E-state index contributed by atoms with van der Waals surface area (Å²) < 4.78 is 11.1. The molecular weight excluding hydrogens is 198 g/mol. The lowest BCUT2D eigenvalue weighted by Crippen LogP contribution is -2.60. The SMILES string of the molecule is CCS(=O)CCNC1CC(O)C1(C)C. The van der Waals surface area contributed by atoms with Crippen molar-refractivity contribution in [1.29, 1.82) is 0 Å². The second kappa shape index (κ2) is 4.73. The first-order valence-corrected chi connectivity index (χ1v) is 6.73. The summed E-state index contributed by atoms with van der Waals surface area (Å²) in [4.78, 5) is 0. The second-order valence-corrected chi connectivity index (χ2v) is 6.38. The fraction of sp³-hybridized carbons (Fsp3) is 1.00. The minimum Gasteiger partial charge on any atom is -0.392 e. The topological polar surface area (TPSA) is 49.3 Å². The molecule has 0 aromatic carbocycles. The lowest BCUT2D eigenvalue weighted by molar-refractivity contribution is -0.0716. The summed E-state index contributed by atoms with van der Waals surface area (Å²) in [6, 6.07) is 0.381. The Bertz CT molecular complexity index is 218. The van der Waals surface area contributed by atoms with E-state index in [1.807, 2.05) is 6.92 Å². The molecule has 14 heavy (non-hydrogen) atoms. The van der Waals surface area contributed by atoms with Crippen LogP contribution < -0.4 is 5.32 Å². The van der Waals surface area contributed by atoms with Crippen LogP contribution in [0.25, 0.3) is 0 Å². The van der Waals surface area contributed by atoms with Crippen LogP contribution in [-0.2, 0) is 10.8 Å². The van der Waals surface area contributed by atoms with E-state index in [0.29, 0.717) is 6.04 Å². The van der Waals surface area contributed by atoms with E-state index in [2.05, 4.69) is 19.2 Å². The van der Waals surface area contributed by atoms with Gasteiger partial charge in [0.05, 0.1) is 6.10 Å². The van der Waals surface area contributed by atoms with Crippen molar-refractivity contribution < 1.29 is 9.32 Å². The number of nitrogens with one attached hydrogen (secondary N) is 1. The van der Waals surface area contributed by atoms with Gasteiger partial charge >= 0.3 is 0 Å². The summed E-state index contributed by atoms with van der Waals surface area (Å²) in [6.45, 7) is 6.86. The Balaban J connectivity index is 2.18. The van der Waals surface area contributed by atoms with Gasteiger partial charge in [0.25, 0.3) is 0 Å². The molecular formula is C10H21NO2S. The van der Waals surface area contributed by atoms with Crippen LogP contribution in [0.4, 0.5) is 0 Å². The standard InChI is InChI=1S/C10H21NO2S/c1-4-14(13)6-5-11-8-7-9(12)10(8,2)3/h8-9,11-12H,4-7H2,1-3H3. The number of hydrogen-bond acceptors (Lipinski definition) is 3. The molecule has 1 saturated carbocycles. The minimum absolute atomic E-state index is 0.0201. The third-order valence-electron chi connectivity index (χ3n) is 3.26. The zero-order chi connectivity index (χ0) is 10.8. The van der Waals surface area contributed by atoms with Gasteiger partial charge in [-0.1, -0.05) is 20.8 Å². The van der Waals surface area contributed by atoms with Gasteiger partial charge in [0.1, 0.15) is 0 Å². The van der Waals surface area contributed by atoms with Crippen molar-refractivity contribution in [3.63, 3.8) is 0 Å². The van der Waals surface area contributed by atoms with E-state index in [9.17, 15) is 9.32 Å². The predicted molar refractivity (Wildman–Crippen MR) is 59.7 cm³/mol. The number of hydrogen-bond donors (Lipinski definition) is 2. The first kappa shape index (κ1) is 12.1. The molecule has 1 aliphatic rings. The first-order chi connectivity index (χ1) is 6.48. The molecule has 0 heterocycles. The van der Waals surface area contributed by atoms with Gasteiger partial charge in [0, 0.05) is 40.3 Å². The Morgan fingerprint density at radius 3 is 2.64 bits per heavy atom. The van der Waals surface area contributed by atoms with Crippen LogP contribution in [0.3, 0.4) is 0 Å². The molecule has 3 atom stereocenters. The average Bonchev–Trinajstić information content (AvgIpc) is 2.16. The van der Waals surface area contributed by atoms with Crippen LogP contribution in [0.2, 0.25) is 0 Å². The summed E-state index contributed by atoms with van der Waals surface area (Å²) in [5.41, 5.74) is -0.0201. The van der Waals surface area contributed by atoms with Gasteiger partial charge < -0.3 is 10.4 Å². The third-order valence-corrected chi connectivity index (χ3v) is 4.56. The lowest BCUT2D eigenvalue weighted by Gasteiger charge is -2.49. The quantitative estimate of drug-likeness (QED) is 0.708. The van der Waals surface area contributed by atoms with Crippen LogP contribution >= 0.6 is 0 Å². The van der Waals surface area contributed by atoms with E-state index >= 15 is 0 Å². The van der Waals surface area contributed by atoms with Gasteiger partial charge in [-0.05, 0) is 6.42 Å². The molecule has 4 heteroatoms. The van der Waals surface area contributed by atoms with Gasteiger partial charge in [0.2, 0.25) is 0 Å². The van der Waals surface area contributed by atoms with Gasteiger partial charge in [-0.25, -0.2) is 0 Å². The highest BCUT2D eigenvalue weighted by atomic mass is 32.2. The highest BCUT2D eigenvalue weighted by molar-refractivity contribution is 7.84. The maximum Gasteiger partial charge on any atom is 0.0621 e. The van der Waals surface area contributed by atoms with E-state index in [4.69, 9.17) is 0 Å². The monoisotopic (exact) mass is 219 g/mol. The number of aliphatic hydroxyl groups excluding tert-OH is 1. The van der Waals surface area contributed by atoms with Crippen molar-refractivity contribution >= 4 is 10.8 Å². The van der Waals surface area contributed by atoms with E-state index < -0.39 is 10.8 Å². The van der Waals surface area contributed by atoms with Gasteiger partial charge in [-0.2, -0.15) is 0 Å². The van der Waals surface area contributed by atoms with E-state index in [1.165, 1.54) is 0 Å². The first-order valence-electron chi connectivity index (χ1n) is 5.25. The highest BCUT2D eigenvalue weighted by Gasteiger charge is 2.46. The smallest absolute Gasteiger partial charge is 0.0621 e. The van der Waals surface area contributed by atoms with Crippen molar-refractivity contribution in [1.82, 2.24) is 5.32 Å². The van der Waals surface area contributed by atoms with E-state index in [-0.39, 0.29) is 11.5 Å². The summed E-state index contributed by atoms with van der Waals surface area (Å²) in [7, 11) is -0.680. The van der Waals surface area contributed by atoms with Crippen LogP contribution in [-0.4, -0.2) is 39.5 Å². The summed E-state index contributed by atoms with van der Waals surface area (Å²) in [5.74, 6) is 1.46. The van der Waals surface area contributed by atoms with Crippen molar-refractivity contribution in [3.05, 3.63) is 0 Å². The van der Waals surface area contributed by atoms with Gasteiger partial charge in [0.15, 0.2) is 0 Å². The molecule has 0 bridgehead atoms. The van der Waals surface area contributed by atoms with Crippen molar-refractivity contribution in [2.75, 3.05) is 18.1 Å². The van der Waals surface area contributed by atoms with Crippen LogP contribution in [0.15, 0.2) is 0 Å². The molecule has 0 saturated heterocycles. The molecule has 0 aliphatic heterocycles. The maximum absolute atomic E-state index is 11.1. The van der Waals surface area contributed by atoms with Crippen LogP contribution in [0.1, 0.15) is 27.2 Å². The van der Waals surface area contributed by atoms with E-state index in [1.54, 1.807) is 0 Å². The molecule has 84 valence electrons. The Labute approximate surface area is 88.7 Å². The Morgan fingerprint density at radius 1 is 1.57 bits per heavy atom. The highest BCUT2D eigenvalue weighted by Crippen LogP contribution is 2.40. The molecule has 0 radical (unpaired) electrons. The van der Waals surface area contributed by atoms with Crippen LogP contribution in [0.5, 0.6) is 0 Å². The molecule has 1 rings (SSSR count). The number of rotatable bonds is 5. The zero-order valence-electron chi connectivity index (χ0n) is 9.25. The molecule has 1 fully saturated rings. The summed E-state index contributed by atoms with van der Waals surface area (Å²) >= 11 is 0. The average molecular weight is 219 g/mol. The van der Waals surface area contributed by atoms with Gasteiger partial charge in [-0.3, -0.25) is 4.21 Å². The second-order valence-electron chi connectivity index (χ2n) is 4.51. The lowest BCUT2D eigenvalue weighted by atomic mass is 9.64. The van der Waals surface area contributed by atoms with Crippen molar-refractivity contribution in [3.8, 4) is 0 Å². The van der Waals surface area contributed by atoms with Crippen molar-refractivity contribution in [2.24, 2.45) is 5.41 Å². The zero-order valence-corrected chi connectivity index (χ0v) is 10.1. The molecule has 0 spiro atoms. The molecule has 3 nitrogen and oxygen atoms in total. The molecule has 1 aliphatic carbocycles. The van der Waals surface area contributed by atoms with Crippen molar-refractivity contribution in [2.45, 2.75) is 39.3 Å². The fourth-order valence-electron chi connectivity index (χ4n) is 1.74. The predicted octanol–water partition coefficient (Wildman–Crippen LogP) is 0.504. The maximum atomic E-state index is 11.1. The summed E-state index contributed by atoms with van der Waals surface area (Å²) in [5, 5.41) is 12.9. The number of aliphatic hydroxyl groups is 1. The van der Waals surface area contributed by atoms with Crippen LogP contribution in [0, 0.1) is 5.41 Å². The third kappa shape index (κ3) is 2.55. The molecule has 2 N–H and O–H groups in total. The Morgan fingerprint density at radius 2 is 2.21 bits per heavy atom. The summed E-state index contributed by atoms with van der Waals surface area (Å²) in [6.07, 6.45) is 0.642. The Hall–Kier alpha value is 0.0700. The largest absolute Gasteiger partial charge is 0.392 e. The molecule has 0 amide bonds. The minimum atomic E-state index is -0.680. The fourth-order valence-corrected chi connectivity index (χ4v) is 2.37. The molecule has 3 unspecified atom stereocenters. The Kier molecular flexibility index (Phi) is 4.10. The molecule has 0 aromatic rings. The van der Waals surface area contributed by atoms with E-state index in [0.717, 1.165) is 24.5 Å². The molecule has 0 aromatic heterocycles. The van der Waals surface area contributed by atoms with Gasteiger partial charge in [-0.15, -0.1) is 0 Å².